The van der Waals surface area contributed by atoms with Crippen LogP contribution in [0.5, 0.6) is 0 Å². The number of hydrogen-bond acceptors (Lipinski definition) is 5. The van der Waals surface area contributed by atoms with E-state index in [2.05, 4.69) is 0 Å². The molecule has 0 aromatic rings. The molecular weight excluding hydrogens is 155 g/mol. The molecule has 0 aromatic carbocycles. The van der Waals surface area contributed by atoms with Gasteiger partial charge in [-0.15, -0.1) is 0 Å². The Hall–Kier alpha value is 0.260. The number of hydrogen-bond donors (Lipinski definition) is 3. The first kappa shape index (κ1) is 8.26. The van der Waals surface area contributed by atoms with E-state index in [1.807, 2.05) is 0 Å². The van der Waals surface area contributed by atoms with Crippen molar-refractivity contribution in [3.63, 3.8) is 0 Å². The van der Waals surface area contributed by atoms with Crippen LogP contribution in [-0.4, -0.2) is 29.0 Å². The second kappa shape index (κ2) is 1.89. The molecule has 1 unspecified atom stereocenters. The zero-order valence-corrected chi connectivity index (χ0v) is 5.61. The molecule has 0 fully saturated rings. The Morgan fingerprint density at radius 2 is 1.38 bits per heavy atom. The van der Waals surface area contributed by atoms with E-state index < -0.39 is 14.8 Å². The Morgan fingerprint density at radius 3 is 1.38 bits per heavy atom. The molecule has 3 N–H and O–H groups in total. The van der Waals surface area contributed by atoms with Gasteiger partial charge >= 0.3 is 5.31 Å². The van der Waals surface area contributed by atoms with Gasteiger partial charge in [0.05, 0.1) is 0 Å². The van der Waals surface area contributed by atoms with Gasteiger partial charge in [0, 0.05) is 0 Å². The highest BCUT2D eigenvalue weighted by molar-refractivity contribution is 8.38. The van der Waals surface area contributed by atoms with E-state index in [-0.39, 0.29) is 0 Å². The summed E-state index contributed by atoms with van der Waals surface area (Å²) in [6, 6.07) is 0. The van der Waals surface area contributed by atoms with Gasteiger partial charge in [-0.1, -0.05) is 0 Å². The van der Waals surface area contributed by atoms with E-state index in [9.17, 15) is 8.42 Å². The smallest absolute Gasteiger partial charge is 0.331 e. The molecule has 0 aliphatic carbocycles. The average Bonchev–Trinajstić information content (AvgIpc) is 1.25. The van der Waals surface area contributed by atoms with Crippen molar-refractivity contribution in [3.8, 4) is 0 Å². The molecule has 0 bridgehead atoms. The summed E-state index contributed by atoms with van der Waals surface area (Å²) in [5.74, 6) is 0. The van der Waals surface area contributed by atoms with Crippen LogP contribution in [0, 0.1) is 0 Å². The highest BCUT2D eigenvalue weighted by Crippen LogP contribution is 2.13. The lowest BCUT2D eigenvalue weighted by atomic mass is 11.3. The monoisotopic (exact) mass is 160 g/mol. The Kier molecular flexibility index (Phi) is 1.95. The second-order valence-corrected chi connectivity index (χ2v) is 4.62. The molecule has 1 atom stereocenters. The van der Waals surface area contributed by atoms with Gasteiger partial charge in [0.15, 0.2) is 0 Å². The fourth-order valence-corrected chi connectivity index (χ4v) is 0. The molecule has 0 saturated heterocycles. The van der Waals surface area contributed by atoms with E-state index in [1.54, 1.807) is 0 Å². The van der Waals surface area contributed by atoms with Gasteiger partial charge in [-0.25, -0.2) is 8.42 Å². The Balaban J connectivity index is 4.53. The molecule has 50 valence electrons. The first-order chi connectivity index (χ1) is 3.25. The fraction of sp³-hybridized carbons (Fsp3) is 1.00. The molecule has 0 radical (unpaired) electrons. The Morgan fingerprint density at radius 1 is 1.25 bits per heavy atom. The maximum atomic E-state index is 9.87. The van der Waals surface area contributed by atoms with Gasteiger partial charge in [0.1, 0.15) is 0 Å². The first-order valence-electron chi connectivity index (χ1n) is 1.44. The lowest BCUT2D eigenvalue weighted by Gasteiger charge is -2.08. The zero-order valence-electron chi connectivity index (χ0n) is 3.64. The normalized spacial score (nSPS) is 14.0. The SMILES string of the molecule is O=S(=O)(P)C(O)(O)O. The molecule has 0 saturated carbocycles. The quantitative estimate of drug-likeness (QED) is 0.298. The summed E-state index contributed by atoms with van der Waals surface area (Å²) in [6.45, 7) is 0. The zero-order chi connectivity index (χ0) is 7.00. The minimum atomic E-state index is -4.26. The summed E-state index contributed by atoms with van der Waals surface area (Å²) in [7, 11) is -3.17. The molecule has 7 heteroatoms. The summed E-state index contributed by atoms with van der Waals surface area (Å²) in [6.07, 6.45) is 0. The highest BCUT2D eigenvalue weighted by Gasteiger charge is 2.32. The Bertz CT molecular complexity index is 161. The topological polar surface area (TPSA) is 94.8 Å². The highest BCUT2D eigenvalue weighted by atomic mass is 32.7. The largest absolute Gasteiger partial charge is 0.388 e. The van der Waals surface area contributed by atoms with E-state index in [0.29, 0.717) is 0 Å². The maximum Gasteiger partial charge on any atom is 0.388 e. The third kappa shape index (κ3) is 2.02. The molecular formula is CH5O5PS. The van der Waals surface area contributed by atoms with Gasteiger partial charge in [-0.05, 0) is 8.44 Å². The van der Waals surface area contributed by atoms with Crippen molar-refractivity contribution in [3.05, 3.63) is 0 Å². The van der Waals surface area contributed by atoms with Crippen molar-refractivity contribution < 1.29 is 23.7 Å². The first-order valence-corrected chi connectivity index (χ1v) is 4.40. The van der Waals surface area contributed by atoms with Crippen LogP contribution < -0.4 is 0 Å². The van der Waals surface area contributed by atoms with Gasteiger partial charge in [-0.2, -0.15) is 0 Å². The minimum Gasteiger partial charge on any atom is -0.331 e. The number of rotatable bonds is 1. The van der Waals surface area contributed by atoms with Crippen LogP contribution in [0.1, 0.15) is 0 Å². The van der Waals surface area contributed by atoms with Gasteiger partial charge in [0.25, 0.3) is 0 Å². The van der Waals surface area contributed by atoms with Crippen LogP contribution in [0.2, 0.25) is 0 Å². The standard InChI is InChI=1S/CH5O5PS/c2-1(3,4)8(5,6)7/h2-4H,7H2. The molecule has 0 aliphatic rings. The average molecular weight is 160 g/mol. The summed E-state index contributed by atoms with van der Waals surface area (Å²) in [4.78, 5) is 0. The van der Waals surface area contributed by atoms with E-state index in [1.165, 1.54) is 0 Å². The summed E-state index contributed by atoms with van der Waals surface area (Å²) in [5.41, 5.74) is 0. The molecule has 0 rings (SSSR count). The van der Waals surface area contributed by atoms with E-state index in [0.717, 1.165) is 8.44 Å². The van der Waals surface area contributed by atoms with Crippen molar-refractivity contribution in [1.82, 2.24) is 0 Å². The van der Waals surface area contributed by atoms with E-state index >= 15 is 0 Å². The fourth-order valence-electron chi connectivity index (χ4n) is 0. The molecule has 0 aliphatic heterocycles. The molecule has 0 aromatic heterocycles. The van der Waals surface area contributed by atoms with Crippen LogP contribution in [0.3, 0.4) is 0 Å². The van der Waals surface area contributed by atoms with E-state index in [4.69, 9.17) is 15.3 Å². The molecule has 0 heterocycles. The molecule has 5 nitrogen and oxygen atoms in total. The van der Waals surface area contributed by atoms with Crippen LogP contribution in [0.4, 0.5) is 0 Å². The van der Waals surface area contributed by atoms with Crippen molar-refractivity contribution in [1.29, 1.82) is 0 Å². The van der Waals surface area contributed by atoms with Crippen molar-refractivity contribution in [2.24, 2.45) is 0 Å². The van der Waals surface area contributed by atoms with Crippen molar-refractivity contribution in [2.75, 3.05) is 0 Å². The summed E-state index contributed by atoms with van der Waals surface area (Å²) in [5, 5.41) is 19.9. The molecule has 8 heavy (non-hydrogen) atoms. The van der Waals surface area contributed by atoms with Crippen molar-refractivity contribution in [2.45, 2.75) is 5.31 Å². The third-order valence-corrected chi connectivity index (χ3v) is 2.09. The minimum absolute atomic E-state index is 1.08. The molecule has 0 amide bonds. The molecule has 0 spiro atoms. The lowest BCUT2D eigenvalue weighted by Crippen LogP contribution is -2.33. The Labute approximate surface area is 47.8 Å². The van der Waals surface area contributed by atoms with Crippen LogP contribution in [0.25, 0.3) is 0 Å². The second-order valence-electron chi connectivity index (χ2n) is 1.12. The maximum absolute atomic E-state index is 9.87. The summed E-state index contributed by atoms with van der Waals surface area (Å²) < 4.78 is 19.7. The summed E-state index contributed by atoms with van der Waals surface area (Å²) >= 11 is 0. The van der Waals surface area contributed by atoms with Gasteiger partial charge in [0.2, 0.25) is 9.46 Å². The van der Waals surface area contributed by atoms with Crippen LogP contribution >= 0.6 is 8.44 Å². The van der Waals surface area contributed by atoms with Crippen LogP contribution in [-0.2, 0) is 9.46 Å². The third-order valence-electron chi connectivity index (χ3n) is 0.382. The van der Waals surface area contributed by atoms with Gasteiger partial charge < -0.3 is 15.3 Å². The lowest BCUT2D eigenvalue weighted by molar-refractivity contribution is -0.239. The predicted octanol–water partition coefficient (Wildman–Crippen LogP) is -2.22. The predicted molar refractivity (Wildman–Crippen MR) is 28.0 cm³/mol. The van der Waals surface area contributed by atoms with Crippen molar-refractivity contribution >= 4 is 17.9 Å². The van der Waals surface area contributed by atoms with Crippen LogP contribution in [0.15, 0.2) is 0 Å². The number of aliphatic hydroxyl groups is 3. The van der Waals surface area contributed by atoms with Gasteiger partial charge in [-0.3, -0.25) is 0 Å².